The van der Waals surface area contributed by atoms with E-state index in [1.807, 2.05) is 13.8 Å². The average molecular weight is 329 g/mol. The minimum absolute atomic E-state index is 0.0557. The minimum Gasteiger partial charge on any atom is -0.392 e. The van der Waals surface area contributed by atoms with Gasteiger partial charge in [0.1, 0.15) is 0 Å². The van der Waals surface area contributed by atoms with Crippen LogP contribution in [0.1, 0.15) is 50.3 Å². The Balaban J connectivity index is 0.00000127. The van der Waals surface area contributed by atoms with E-state index in [9.17, 15) is 18.0 Å². The number of rotatable bonds is 2. The fraction of sp³-hybridized carbons (Fsp3) is 0.471. The van der Waals surface area contributed by atoms with Crippen molar-refractivity contribution in [2.45, 2.75) is 46.4 Å². The smallest absolute Gasteiger partial charge is 0.392 e. The topological polar surface area (TPSA) is 42.2 Å². The predicted octanol–water partition coefficient (Wildman–Crippen LogP) is 4.20. The van der Waals surface area contributed by atoms with Gasteiger partial charge in [-0.2, -0.15) is 13.2 Å². The van der Waals surface area contributed by atoms with Crippen LogP contribution in [0.15, 0.2) is 23.0 Å². The summed E-state index contributed by atoms with van der Waals surface area (Å²) >= 11 is 0. The number of aliphatic hydroxyl groups excluding tert-OH is 1. The van der Waals surface area contributed by atoms with E-state index in [0.29, 0.717) is 5.56 Å². The number of aliphatic hydroxyl groups is 1. The number of hydrogen-bond donors (Lipinski definition) is 1. The van der Waals surface area contributed by atoms with Crippen LogP contribution in [-0.2, 0) is 19.8 Å². The number of aromatic nitrogens is 1. The average Bonchev–Trinajstić information content (AvgIpc) is 2.50. The molecule has 0 saturated heterocycles. The Kier molecular flexibility index (Phi) is 5.99. The molecule has 0 aliphatic rings. The Morgan fingerprint density at radius 2 is 1.78 bits per heavy atom. The first kappa shape index (κ1) is 19.2. The Hall–Kier alpha value is -1.82. The highest BCUT2D eigenvalue weighted by atomic mass is 19.4. The van der Waals surface area contributed by atoms with Gasteiger partial charge in [-0.25, -0.2) is 0 Å². The molecule has 23 heavy (non-hydrogen) atoms. The highest BCUT2D eigenvalue weighted by Crippen LogP contribution is 2.38. The minimum atomic E-state index is -4.63. The summed E-state index contributed by atoms with van der Waals surface area (Å²) in [5.74, 6) is -0.553. The van der Waals surface area contributed by atoms with Crippen molar-refractivity contribution in [1.82, 2.24) is 4.57 Å². The van der Waals surface area contributed by atoms with Gasteiger partial charge in [0.05, 0.1) is 17.7 Å². The van der Waals surface area contributed by atoms with Crippen molar-refractivity contribution in [3.63, 3.8) is 0 Å². The highest BCUT2D eigenvalue weighted by molar-refractivity contribution is 5.85. The van der Waals surface area contributed by atoms with Gasteiger partial charge in [0.15, 0.2) is 0 Å². The van der Waals surface area contributed by atoms with Crippen LogP contribution >= 0.6 is 0 Å². The van der Waals surface area contributed by atoms with Gasteiger partial charge < -0.3 is 9.67 Å². The summed E-state index contributed by atoms with van der Waals surface area (Å²) in [5.41, 5.74) is -1.20. The standard InChI is InChI=1S/C15H16F3NO2.C2H6/c1-8(2)12-13(15(16,17)18)10-6-9(7-20)4-5-11(10)19(3)14(12)21;1-2/h4-6,8,20H,7H2,1-3H3;1-2H3. The number of alkyl halides is 3. The molecule has 1 heterocycles. The molecule has 6 heteroatoms. The first-order chi connectivity index (χ1) is 10.7. The molecule has 3 nitrogen and oxygen atoms in total. The SMILES string of the molecule is CC.CC(C)c1c(C(F)(F)F)c2cc(CO)ccc2n(C)c1=O. The van der Waals surface area contributed by atoms with Crippen LogP contribution in [0, 0.1) is 0 Å². The maximum Gasteiger partial charge on any atom is 0.417 e. The molecule has 0 fully saturated rings. The fourth-order valence-corrected chi connectivity index (χ4v) is 2.56. The van der Waals surface area contributed by atoms with Crippen molar-refractivity contribution in [2.24, 2.45) is 7.05 Å². The Morgan fingerprint density at radius 3 is 2.22 bits per heavy atom. The molecule has 0 aliphatic carbocycles. The second-order valence-electron chi connectivity index (χ2n) is 5.31. The lowest BCUT2D eigenvalue weighted by Crippen LogP contribution is -2.28. The van der Waals surface area contributed by atoms with Crippen molar-refractivity contribution in [2.75, 3.05) is 0 Å². The zero-order valence-corrected chi connectivity index (χ0v) is 14.0. The van der Waals surface area contributed by atoms with Crippen LogP contribution in [0.5, 0.6) is 0 Å². The molecule has 0 saturated carbocycles. The van der Waals surface area contributed by atoms with Crippen molar-refractivity contribution < 1.29 is 18.3 Å². The first-order valence-corrected chi connectivity index (χ1v) is 7.52. The molecule has 2 aromatic rings. The third-order valence-electron chi connectivity index (χ3n) is 3.54. The molecule has 1 aromatic heterocycles. The summed E-state index contributed by atoms with van der Waals surface area (Å²) in [5, 5.41) is 9.09. The molecule has 1 aromatic carbocycles. The second-order valence-corrected chi connectivity index (χ2v) is 5.31. The van der Waals surface area contributed by atoms with Crippen LogP contribution < -0.4 is 5.56 Å². The number of fused-ring (bicyclic) bond motifs is 1. The van der Waals surface area contributed by atoms with Gasteiger partial charge in [0, 0.05) is 18.0 Å². The van der Waals surface area contributed by atoms with Crippen LogP contribution in [0.2, 0.25) is 0 Å². The number of aryl methyl sites for hydroxylation is 1. The van der Waals surface area contributed by atoms with E-state index in [2.05, 4.69) is 0 Å². The Bertz CT molecular complexity index is 746. The summed E-state index contributed by atoms with van der Waals surface area (Å²) in [6, 6.07) is 4.24. The molecule has 0 unspecified atom stereocenters. The lowest BCUT2D eigenvalue weighted by Gasteiger charge is -2.20. The number of pyridine rings is 1. The quantitative estimate of drug-likeness (QED) is 0.897. The Labute approximate surface area is 133 Å². The maximum atomic E-state index is 13.5. The summed E-state index contributed by atoms with van der Waals surface area (Å²) in [6.07, 6.45) is -4.63. The first-order valence-electron chi connectivity index (χ1n) is 7.52. The number of nitrogens with zero attached hydrogens (tertiary/aromatic N) is 1. The van der Waals surface area contributed by atoms with Gasteiger partial charge in [-0.1, -0.05) is 33.8 Å². The fourth-order valence-electron chi connectivity index (χ4n) is 2.56. The summed E-state index contributed by atoms with van der Waals surface area (Å²) in [4.78, 5) is 12.3. The molecule has 0 radical (unpaired) electrons. The molecular weight excluding hydrogens is 307 g/mol. The molecule has 0 spiro atoms. The van der Waals surface area contributed by atoms with Crippen LogP contribution in [0.25, 0.3) is 10.9 Å². The van der Waals surface area contributed by atoms with E-state index < -0.39 is 23.2 Å². The molecule has 128 valence electrons. The van der Waals surface area contributed by atoms with Gasteiger partial charge in [-0.05, 0) is 23.6 Å². The summed E-state index contributed by atoms with van der Waals surface area (Å²) in [6.45, 7) is 6.77. The zero-order valence-electron chi connectivity index (χ0n) is 14.0. The van der Waals surface area contributed by atoms with Gasteiger partial charge >= 0.3 is 6.18 Å². The van der Waals surface area contributed by atoms with E-state index in [1.54, 1.807) is 13.8 Å². The van der Waals surface area contributed by atoms with Crippen molar-refractivity contribution >= 4 is 10.9 Å². The monoisotopic (exact) mass is 329 g/mol. The lowest BCUT2D eigenvalue weighted by molar-refractivity contribution is -0.137. The largest absolute Gasteiger partial charge is 0.417 e. The second kappa shape index (κ2) is 7.17. The molecular formula is C17H22F3NO2. The third-order valence-corrected chi connectivity index (χ3v) is 3.54. The molecule has 0 bridgehead atoms. The number of halogens is 3. The van der Waals surface area contributed by atoms with Crippen molar-refractivity contribution in [3.05, 3.63) is 45.2 Å². The number of benzene rings is 1. The molecule has 2 rings (SSSR count). The van der Waals surface area contributed by atoms with Gasteiger partial charge in [-0.15, -0.1) is 0 Å². The molecule has 0 amide bonds. The zero-order chi connectivity index (χ0) is 17.9. The summed E-state index contributed by atoms with van der Waals surface area (Å²) in [7, 11) is 1.45. The highest BCUT2D eigenvalue weighted by Gasteiger charge is 2.38. The molecule has 1 N–H and O–H groups in total. The third kappa shape index (κ3) is 3.58. The van der Waals surface area contributed by atoms with Crippen LogP contribution in [-0.4, -0.2) is 9.67 Å². The van der Waals surface area contributed by atoms with E-state index >= 15 is 0 Å². The van der Waals surface area contributed by atoms with Crippen LogP contribution in [0.4, 0.5) is 13.2 Å². The molecule has 0 atom stereocenters. The lowest BCUT2D eigenvalue weighted by atomic mass is 9.94. The van der Waals surface area contributed by atoms with Gasteiger partial charge in [-0.3, -0.25) is 4.79 Å². The summed E-state index contributed by atoms with van der Waals surface area (Å²) < 4.78 is 41.6. The van der Waals surface area contributed by atoms with Crippen molar-refractivity contribution in [1.29, 1.82) is 0 Å². The normalized spacial score (nSPS) is 11.6. The predicted molar refractivity (Wildman–Crippen MR) is 85.6 cm³/mol. The number of hydrogen-bond acceptors (Lipinski definition) is 2. The van der Waals surface area contributed by atoms with E-state index in [4.69, 9.17) is 5.11 Å². The Morgan fingerprint density at radius 1 is 1.22 bits per heavy atom. The van der Waals surface area contributed by atoms with Crippen molar-refractivity contribution in [3.8, 4) is 0 Å². The van der Waals surface area contributed by atoms with E-state index in [0.717, 1.165) is 0 Å². The van der Waals surface area contributed by atoms with E-state index in [1.165, 1.54) is 29.8 Å². The maximum absolute atomic E-state index is 13.5. The van der Waals surface area contributed by atoms with E-state index in [-0.39, 0.29) is 23.1 Å². The van der Waals surface area contributed by atoms with Gasteiger partial charge in [0.2, 0.25) is 0 Å². The van der Waals surface area contributed by atoms with Gasteiger partial charge in [0.25, 0.3) is 5.56 Å². The van der Waals surface area contributed by atoms with Crippen LogP contribution in [0.3, 0.4) is 0 Å². The molecule has 0 aliphatic heterocycles.